The third kappa shape index (κ3) is 2.05. The van der Waals surface area contributed by atoms with E-state index in [-0.39, 0.29) is 17.7 Å². The number of nitrogens with zero attached hydrogens (tertiary/aromatic N) is 1. The van der Waals surface area contributed by atoms with Gasteiger partial charge >= 0.3 is 0 Å². The van der Waals surface area contributed by atoms with Crippen LogP contribution in [0.2, 0.25) is 0 Å². The first kappa shape index (κ1) is 11.7. The van der Waals surface area contributed by atoms with E-state index in [2.05, 4.69) is 15.8 Å². The maximum absolute atomic E-state index is 12.1. The van der Waals surface area contributed by atoms with Gasteiger partial charge in [-0.05, 0) is 12.1 Å². The summed E-state index contributed by atoms with van der Waals surface area (Å²) in [6.45, 7) is 1.86. The second-order valence-electron chi connectivity index (χ2n) is 4.66. The van der Waals surface area contributed by atoms with Crippen LogP contribution in [0.4, 0.5) is 5.69 Å². The van der Waals surface area contributed by atoms with E-state index in [1.807, 2.05) is 19.1 Å². The minimum atomic E-state index is -0.787. The topological polar surface area (TPSA) is 79.8 Å². The number of benzene rings is 1. The van der Waals surface area contributed by atoms with Crippen LogP contribution in [0.3, 0.4) is 0 Å². The minimum Gasteiger partial charge on any atom is -0.472 e. The first-order valence-electron chi connectivity index (χ1n) is 6.08. The van der Waals surface area contributed by atoms with Crippen LogP contribution in [-0.4, -0.2) is 23.6 Å². The summed E-state index contributed by atoms with van der Waals surface area (Å²) in [6, 6.07) is 7.22. The van der Waals surface area contributed by atoms with Crippen LogP contribution in [0, 0.1) is 5.92 Å². The summed E-state index contributed by atoms with van der Waals surface area (Å²) in [5.41, 5.74) is 3.59. The monoisotopic (exact) mass is 259 g/mol. The fourth-order valence-corrected chi connectivity index (χ4v) is 2.23. The molecule has 0 saturated heterocycles. The number of nitrogens with one attached hydrogen (secondary N) is 2. The standard InChI is InChI=1S/C13H13N3O3/c1-7-6-10(17)15-16-11(7)12-13(18)14-8-4-2-3-5-9(8)19-12/h2-5,7,12H,6H2,1H3,(H,14,18)(H,15,17). The lowest BCUT2D eigenvalue weighted by atomic mass is 9.94. The molecular formula is C13H13N3O3. The Morgan fingerprint density at radius 2 is 2.11 bits per heavy atom. The lowest BCUT2D eigenvalue weighted by molar-refractivity contribution is -0.123. The third-order valence-electron chi connectivity index (χ3n) is 3.20. The zero-order chi connectivity index (χ0) is 13.4. The molecule has 2 amide bonds. The van der Waals surface area contributed by atoms with Crippen LogP contribution in [0.1, 0.15) is 13.3 Å². The molecule has 0 aliphatic carbocycles. The summed E-state index contributed by atoms with van der Waals surface area (Å²) in [7, 11) is 0. The molecule has 98 valence electrons. The number of hydrazone groups is 1. The lowest BCUT2D eigenvalue weighted by Gasteiger charge is -2.30. The Kier molecular flexibility index (Phi) is 2.70. The van der Waals surface area contributed by atoms with Crippen molar-refractivity contribution in [1.29, 1.82) is 0 Å². The van der Waals surface area contributed by atoms with Gasteiger partial charge in [0.1, 0.15) is 5.75 Å². The number of para-hydroxylation sites is 2. The van der Waals surface area contributed by atoms with Crippen LogP contribution in [0.25, 0.3) is 0 Å². The molecule has 2 atom stereocenters. The quantitative estimate of drug-likeness (QED) is 0.786. The fourth-order valence-electron chi connectivity index (χ4n) is 2.23. The van der Waals surface area contributed by atoms with E-state index in [0.717, 1.165) is 0 Å². The molecule has 6 heteroatoms. The Bertz CT molecular complexity index is 582. The highest BCUT2D eigenvalue weighted by Crippen LogP contribution is 2.30. The number of rotatable bonds is 1. The van der Waals surface area contributed by atoms with Crippen LogP contribution < -0.4 is 15.5 Å². The van der Waals surface area contributed by atoms with Crippen molar-refractivity contribution in [3.63, 3.8) is 0 Å². The van der Waals surface area contributed by atoms with Gasteiger partial charge in [-0.3, -0.25) is 9.59 Å². The second-order valence-corrected chi connectivity index (χ2v) is 4.66. The molecule has 0 saturated carbocycles. The maximum Gasteiger partial charge on any atom is 0.271 e. The van der Waals surface area contributed by atoms with Crippen molar-refractivity contribution in [1.82, 2.24) is 5.43 Å². The van der Waals surface area contributed by atoms with E-state index >= 15 is 0 Å². The number of hydrogen-bond donors (Lipinski definition) is 2. The Morgan fingerprint density at radius 3 is 2.89 bits per heavy atom. The molecule has 0 aromatic heterocycles. The second kappa shape index (κ2) is 4.38. The number of amides is 2. The highest BCUT2D eigenvalue weighted by atomic mass is 16.5. The van der Waals surface area contributed by atoms with Crippen molar-refractivity contribution in [2.75, 3.05) is 5.32 Å². The van der Waals surface area contributed by atoms with Crippen LogP contribution >= 0.6 is 0 Å². The first-order valence-corrected chi connectivity index (χ1v) is 6.08. The fraction of sp³-hybridized carbons (Fsp3) is 0.308. The molecular weight excluding hydrogens is 246 g/mol. The SMILES string of the molecule is CC1CC(=O)NN=C1C1Oc2ccccc2NC1=O. The zero-order valence-electron chi connectivity index (χ0n) is 10.3. The van der Waals surface area contributed by atoms with Crippen molar-refractivity contribution < 1.29 is 14.3 Å². The normalized spacial score (nSPS) is 25.6. The summed E-state index contributed by atoms with van der Waals surface area (Å²) < 4.78 is 5.70. The third-order valence-corrected chi connectivity index (χ3v) is 3.20. The molecule has 2 aliphatic heterocycles. The highest BCUT2D eigenvalue weighted by molar-refractivity contribution is 6.15. The molecule has 2 heterocycles. The van der Waals surface area contributed by atoms with Gasteiger partial charge in [-0.1, -0.05) is 19.1 Å². The summed E-state index contributed by atoms with van der Waals surface area (Å²) in [6.07, 6.45) is -0.473. The average Bonchev–Trinajstić information content (AvgIpc) is 2.38. The number of carbonyl (C=O) groups is 2. The lowest BCUT2D eigenvalue weighted by Crippen LogP contribution is -2.48. The molecule has 2 aliphatic rings. The van der Waals surface area contributed by atoms with Crippen LogP contribution in [0.15, 0.2) is 29.4 Å². The molecule has 0 fully saturated rings. The summed E-state index contributed by atoms with van der Waals surface area (Å²) in [5, 5.41) is 6.75. The molecule has 0 radical (unpaired) electrons. The summed E-state index contributed by atoms with van der Waals surface area (Å²) >= 11 is 0. The largest absolute Gasteiger partial charge is 0.472 e. The molecule has 6 nitrogen and oxygen atoms in total. The van der Waals surface area contributed by atoms with Gasteiger partial charge < -0.3 is 10.1 Å². The molecule has 2 N–H and O–H groups in total. The first-order chi connectivity index (χ1) is 9.15. The van der Waals surface area contributed by atoms with Gasteiger partial charge in [0.25, 0.3) is 5.91 Å². The molecule has 1 aromatic rings. The Morgan fingerprint density at radius 1 is 1.32 bits per heavy atom. The van der Waals surface area contributed by atoms with E-state index in [9.17, 15) is 9.59 Å². The van der Waals surface area contributed by atoms with Crippen molar-refractivity contribution in [3.8, 4) is 5.75 Å². The van der Waals surface area contributed by atoms with E-state index in [1.54, 1.807) is 12.1 Å². The smallest absolute Gasteiger partial charge is 0.271 e. The van der Waals surface area contributed by atoms with Crippen molar-refractivity contribution in [2.24, 2.45) is 11.0 Å². The molecule has 0 bridgehead atoms. The van der Waals surface area contributed by atoms with Gasteiger partial charge in [-0.15, -0.1) is 0 Å². The minimum absolute atomic E-state index is 0.116. The van der Waals surface area contributed by atoms with Gasteiger partial charge in [0.05, 0.1) is 11.4 Å². The number of anilines is 1. The van der Waals surface area contributed by atoms with E-state index in [0.29, 0.717) is 23.6 Å². The molecule has 2 unspecified atom stereocenters. The van der Waals surface area contributed by atoms with E-state index < -0.39 is 6.10 Å². The molecule has 19 heavy (non-hydrogen) atoms. The molecule has 3 rings (SSSR count). The number of carbonyl (C=O) groups excluding carboxylic acids is 2. The molecule has 1 aromatic carbocycles. The predicted octanol–water partition coefficient (Wildman–Crippen LogP) is 0.898. The van der Waals surface area contributed by atoms with Crippen molar-refractivity contribution in [3.05, 3.63) is 24.3 Å². The molecule has 0 spiro atoms. The van der Waals surface area contributed by atoms with Gasteiger partial charge in [-0.25, -0.2) is 5.43 Å². The average molecular weight is 259 g/mol. The number of ether oxygens (including phenoxy) is 1. The summed E-state index contributed by atoms with van der Waals surface area (Å²) in [4.78, 5) is 23.3. The van der Waals surface area contributed by atoms with E-state index in [1.165, 1.54) is 0 Å². The highest BCUT2D eigenvalue weighted by Gasteiger charge is 2.36. The Labute approximate surface area is 109 Å². The van der Waals surface area contributed by atoms with E-state index in [4.69, 9.17) is 4.74 Å². The van der Waals surface area contributed by atoms with Gasteiger partial charge in [0, 0.05) is 12.3 Å². The maximum atomic E-state index is 12.1. The van der Waals surface area contributed by atoms with Crippen LogP contribution in [-0.2, 0) is 9.59 Å². The van der Waals surface area contributed by atoms with Gasteiger partial charge in [-0.2, -0.15) is 5.10 Å². The van der Waals surface area contributed by atoms with Crippen molar-refractivity contribution >= 4 is 23.2 Å². The Balaban J connectivity index is 1.91. The zero-order valence-corrected chi connectivity index (χ0v) is 10.3. The Hall–Kier alpha value is -2.37. The van der Waals surface area contributed by atoms with Gasteiger partial charge in [0.2, 0.25) is 12.0 Å². The number of hydrogen-bond acceptors (Lipinski definition) is 4. The number of fused-ring (bicyclic) bond motifs is 1. The van der Waals surface area contributed by atoms with Gasteiger partial charge in [0.15, 0.2) is 0 Å². The van der Waals surface area contributed by atoms with Crippen molar-refractivity contribution in [2.45, 2.75) is 19.4 Å². The summed E-state index contributed by atoms with van der Waals surface area (Å²) in [5.74, 6) is 0.0852. The predicted molar refractivity (Wildman–Crippen MR) is 68.8 cm³/mol. The van der Waals surface area contributed by atoms with Crippen LogP contribution in [0.5, 0.6) is 5.75 Å².